The van der Waals surface area contributed by atoms with Crippen molar-refractivity contribution in [2.75, 3.05) is 12.9 Å². The zero-order chi connectivity index (χ0) is 29.0. The Labute approximate surface area is 244 Å². The minimum Gasteiger partial charge on any atom is -0.463 e. The molecule has 5 atom stereocenters. The zero-order valence-corrected chi connectivity index (χ0v) is 23.9. The second kappa shape index (κ2) is 15.6. The molecule has 0 aromatic heterocycles. The van der Waals surface area contributed by atoms with Crippen LogP contribution in [0, 0.1) is 0 Å². The normalized spacial score (nSPS) is 22.1. The quantitative estimate of drug-likeness (QED) is 0.214. The van der Waals surface area contributed by atoms with Crippen molar-refractivity contribution in [1.29, 1.82) is 0 Å². The number of thioether (sulfide) groups is 1. The Morgan fingerprint density at radius 3 is 1.56 bits per heavy atom. The van der Waals surface area contributed by atoms with Gasteiger partial charge in [0.1, 0.15) is 18.3 Å². The Hall–Kier alpha value is -3.34. The van der Waals surface area contributed by atoms with Gasteiger partial charge in [-0.25, -0.2) is 4.79 Å². The summed E-state index contributed by atoms with van der Waals surface area (Å²) in [6, 6.07) is 28.7. The van der Waals surface area contributed by atoms with Gasteiger partial charge < -0.3 is 23.7 Å². The average molecular weight is 579 g/mol. The molecule has 3 aromatic rings. The van der Waals surface area contributed by atoms with Crippen LogP contribution in [0.1, 0.15) is 23.6 Å². The van der Waals surface area contributed by atoms with Crippen molar-refractivity contribution in [2.45, 2.75) is 57.3 Å². The number of esters is 1. The van der Waals surface area contributed by atoms with E-state index in [2.05, 4.69) is 0 Å². The average Bonchev–Trinajstić information content (AvgIpc) is 3.01. The zero-order valence-electron chi connectivity index (χ0n) is 23.0. The second-order valence-corrected chi connectivity index (χ2v) is 10.7. The molecule has 9 heteroatoms. The first-order chi connectivity index (χ1) is 20.0. The predicted molar refractivity (Wildman–Crippen MR) is 154 cm³/mol. The summed E-state index contributed by atoms with van der Waals surface area (Å²) in [4.78, 5) is 37.7. The molecular formula is C32H34O8S. The topological polar surface area (TPSA) is 97.4 Å². The highest BCUT2D eigenvalue weighted by molar-refractivity contribution is 8.13. The van der Waals surface area contributed by atoms with E-state index in [1.54, 1.807) is 0 Å². The Balaban J connectivity index is 1.70. The molecule has 0 unspecified atom stereocenters. The van der Waals surface area contributed by atoms with Gasteiger partial charge in [-0.3, -0.25) is 9.59 Å². The largest absolute Gasteiger partial charge is 0.463 e. The van der Waals surface area contributed by atoms with Gasteiger partial charge in [-0.15, -0.1) is 0 Å². The molecule has 1 heterocycles. The van der Waals surface area contributed by atoms with E-state index in [1.165, 1.54) is 6.92 Å². The number of ketones is 1. The van der Waals surface area contributed by atoms with Crippen molar-refractivity contribution in [3.8, 4) is 0 Å². The van der Waals surface area contributed by atoms with Gasteiger partial charge >= 0.3 is 5.97 Å². The molecule has 0 bridgehead atoms. The molecule has 0 radical (unpaired) electrons. The van der Waals surface area contributed by atoms with Crippen LogP contribution >= 0.6 is 11.8 Å². The first-order valence-electron chi connectivity index (χ1n) is 13.3. The van der Waals surface area contributed by atoms with E-state index in [-0.39, 0.29) is 30.7 Å². The fourth-order valence-electron chi connectivity index (χ4n) is 4.55. The third-order valence-corrected chi connectivity index (χ3v) is 7.49. The highest BCUT2D eigenvalue weighted by Crippen LogP contribution is 2.33. The van der Waals surface area contributed by atoms with Crippen LogP contribution in [0.5, 0.6) is 0 Å². The molecule has 1 fully saturated rings. The summed E-state index contributed by atoms with van der Waals surface area (Å²) in [5.41, 5.74) is 2.71. The van der Waals surface area contributed by atoms with Gasteiger partial charge in [0.2, 0.25) is 0 Å². The molecule has 216 valence electrons. The molecule has 4 rings (SSSR count). The Morgan fingerprint density at radius 2 is 1.12 bits per heavy atom. The van der Waals surface area contributed by atoms with E-state index in [0.717, 1.165) is 35.6 Å². The van der Waals surface area contributed by atoms with Crippen LogP contribution in [0.25, 0.3) is 0 Å². The summed E-state index contributed by atoms with van der Waals surface area (Å²) in [7, 11) is 1.14. The highest BCUT2D eigenvalue weighted by Gasteiger charge is 2.52. The molecule has 0 spiro atoms. The second-order valence-electron chi connectivity index (χ2n) is 9.54. The van der Waals surface area contributed by atoms with Crippen LogP contribution in [0.3, 0.4) is 0 Å². The summed E-state index contributed by atoms with van der Waals surface area (Å²) >= 11 is 1.05. The van der Waals surface area contributed by atoms with Crippen molar-refractivity contribution >= 4 is 28.6 Å². The number of hydrogen-bond acceptors (Lipinski definition) is 9. The van der Waals surface area contributed by atoms with E-state index in [0.29, 0.717) is 0 Å². The molecule has 0 aliphatic carbocycles. The molecule has 8 nitrogen and oxygen atoms in total. The van der Waals surface area contributed by atoms with Gasteiger partial charge in [0, 0.05) is 12.7 Å². The fourth-order valence-corrected chi connectivity index (χ4v) is 5.22. The predicted octanol–water partition coefficient (Wildman–Crippen LogP) is 4.53. The number of ether oxygens (including phenoxy) is 5. The van der Waals surface area contributed by atoms with Crippen molar-refractivity contribution < 1.29 is 38.1 Å². The molecule has 3 aromatic carbocycles. The number of hydrogen-bond donors (Lipinski definition) is 0. The third kappa shape index (κ3) is 8.82. The summed E-state index contributed by atoms with van der Waals surface area (Å²) < 4.78 is 30.2. The van der Waals surface area contributed by atoms with Crippen LogP contribution in [0.2, 0.25) is 0 Å². The van der Waals surface area contributed by atoms with Crippen molar-refractivity contribution in [3.05, 3.63) is 108 Å². The molecule has 1 aliphatic heterocycles. The maximum atomic E-state index is 13.3. The summed E-state index contributed by atoms with van der Waals surface area (Å²) in [6.45, 7) is 2.04. The number of rotatable bonds is 13. The van der Waals surface area contributed by atoms with E-state index >= 15 is 0 Å². The van der Waals surface area contributed by atoms with Crippen molar-refractivity contribution in [3.63, 3.8) is 0 Å². The minimum absolute atomic E-state index is 0.115. The van der Waals surface area contributed by atoms with Crippen LogP contribution in [-0.2, 0) is 57.9 Å². The van der Waals surface area contributed by atoms with Gasteiger partial charge in [0.05, 0.1) is 33.0 Å². The lowest BCUT2D eigenvalue weighted by Crippen LogP contribution is -2.63. The maximum absolute atomic E-state index is 13.3. The van der Waals surface area contributed by atoms with E-state index in [4.69, 9.17) is 23.7 Å². The lowest BCUT2D eigenvalue weighted by molar-refractivity contribution is -0.255. The van der Waals surface area contributed by atoms with Crippen LogP contribution in [-0.4, -0.2) is 60.3 Å². The Morgan fingerprint density at radius 1 is 0.683 bits per heavy atom. The van der Waals surface area contributed by atoms with Gasteiger partial charge in [0.15, 0.2) is 11.2 Å². The number of carbonyl (C=O) groups excluding carboxylic acids is 3. The maximum Gasteiger partial charge on any atom is 0.377 e. The highest BCUT2D eigenvalue weighted by atomic mass is 32.2. The lowest BCUT2D eigenvalue weighted by Gasteiger charge is -2.45. The number of benzene rings is 3. The molecule has 0 N–H and O–H groups in total. The van der Waals surface area contributed by atoms with E-state index < -0.39 is 42.3 Å². The van der Waals surface area contributed by atoms with Crippen LogP contribution < -0.4 is 0 Å². The minimum atomic E-state index is -1.33. The molecule has 1 aliphatic rings. The van der Waals surface area contributed by atoms with Crippen LogP contribution in [0.4, 0.5) is 0 Å². The molecular weight excluding hydrogens is 544 g/mol. The summed E-state index contributed by atoms with van der Waals surface area (Å²) in [5, 5.41) is -0.115. The first-order valence-corrected chi connectivity index (χ1v) is 14.3. The monoisotopic (exact) mass is 578 g/mol. The Kier molecular flexibility index (Phi) is 11.7. The molecule has 0 saturated carbocycles. The standard InChI is InChI=1S/C32H34O8S/c1-22(33)41-21-26-28(37-18-23-12-6-3-7-13-23)30(38-19-24-14-8-4-9-15-24)31(29(40-26)27(34)32(35)36-2)39-20-25-16-10-5-11-17-25/h3-17,26,28-31H,18-21H2,1-2H3/t26-,28-,29+,30+,31+/m1/s1. The third-order valence-electron chi connectivity index (χ3n) is 6.59. The Bertz CT molecular complexity index is 1250. The van der Waals surface area contributed by atoms with E-state index in [9.17, 15) is 14.4 Å². The summed E-state index contributed by atoms with van der Waals surface area (Å²) in [6.07, 6.45) is -4.66. The SMILES string of the molecule is COC(=O)C(=O)[C@@H]1O[C@H](CSC(C)=O)[C@@H](OCc2ccccc2)[C@H](OCc2ccccc2)[C@H]1OCc1ccccc1. The van der Waals surface area contributed by atoms with Gasteiger partial charge in [-0.2, -0.15) is 0 Å². The van der Waals surface area contributed by atoms with Crippen molar-refractivity contribution in [2.24, 2.45) is 0 Å². The van der Waals surface area contributed by atoms with Gasteiger partial charge in [-0.05, 0) is 16.7 Å². The lowest BCUT2D eigenvalue weighted by atomic mass is 9.92. The van der Waals surface area contributed by atoms with Crippen molar-refractivity contribution in [1.82, 2.24) is 0 Å². The molecule has 1 saturated heterocycles. The number of methoxy groups -OCH3 is 1. The molecule has 0 amide bonds. The molecule has 41 heavy (non-hydrogen) atoms. The fraction of sp³-hybridized carbons (Fsp3) is 0.344. The van der Waals surface area contributed by atoms with Gasteiger partial charge in [0.25, 0.3) is 5.78 Å². The smallest absolute Gasteiger partial charge is 0.377 e. The summed E-state index contributed by atoms with van der Waals surface area (Å²) in [5.74, 6) is -1.75. The number of Topliss-reactive ketones (excluding diaryl/α,β-unsaturated/α-hetero) is 1. The van der Waals surface area contributed by atoms with Crippen LogP contribution in [0.15, 0.2) is 91.0 Å². The first kappa shape index (κ1) is 30.6. The number of carbonyl (C=O) groups is 3. The van der Waals surface area contributed by atoms with Gasteiger partial charge in [-0.1, -0.05) is 103 Å². The van der Waals surface area contributed by atoms with E-state index in [1.807, 2.05) is 91.0 Å².